The second kappa shape index (κ2) is 5.99. The van der Waals surface area contributed by atoms with Gasteiger partial charge in [-0.05, 0) is 36.4 Å². The van der Waals surface area contributed by atoms with Gasteiger partial charge < -0.3 is 19.9 Å². The van der Waals surface area contributed by atoms with Gasteiger partial charge in [0.25, 0.3) is 0 Å². The van der Waals surface area contributed by atoms with Crippen molar-refractivity contribution in [2.75, 3.05) is 13.7 Å². The molecule has 0 aliphatic rings. The fraction of sp³-hybridized carbons (Fsp3) is 0.308. The quantitative estimate of drug-likeness (QED) is 0.733. The van der Waals surface area contributed by atoms with E-state index < -0.39 is 0 Å². The number of hydrogen-bond acceptors (Lipinski definition) is 5. The van der Waals surface area contributed by atoms with Crippen molar-refractivity contribution in [1.82, 2.24) is 9.97 Å². The molecule has 0 amide bonds. The highest BCUT2D eigenvalue weighted by Gasteiger charge is 2.10. The molecular weight excluding hydrogens is 264 g/mol. The fourth-order valence-electron chi connectivity index (χ4n) is 1.58. The molecule has 0 bridgehead atoms. The Morgan fingerprint density at radius 1 is 1.32 bits per heavy atom. The van der Waals surface area contributed by atoms with Gasteiger partial charge in [-0.25, -0.2) is 4.98 Å². The van der Waals surface area contributed by atoms with E-state index >= 15 is 0 Å². The highest BCUT2D eigenvalue weighted by molar-refractivity contribution is 7.99. The number of aryl methyl sites for hydroxylation is 1. The molecule has 5 nitrogen and oxygen atoms in total. The third-order valence-corrected chi connectivity index (χ3v) is 3.61. The molecule has 0 atom stereocenters. The second-order valence-electron chi connectivity index (χ2n) is 4.16. The minimum atomic E-state index is 0.134. The number of phenolic OH excluding ortho intramolecular Hbond substituents is 2. The van der Waals surface area contributed by atoms with E-state index in [1.54, 1.807) is 20.2 Å². The molecule has 2 aromatic rings. The molecule has 0 aliphatic carbocycles. The number of imidazole rings is 1. The average molecular weight is 280 g/mol. The number of H-pyrrole nitrogens is 1. The Labute approximate surface area is 115 Å². The highest BCUT2D eigenvalue weighted by atomic mass is 32.2. The Morgan fingerprint density at radius 2 is 2.11 bits per heavy atom. The van der Waals surface area contributed by atoms with Crippen LogP contribution in [0.25, 0.3) is 0 Å². The summed E-state index contributed by atoms with van der Waals surface area (Å²) in [6, 6.07) is 3.07. The summed E-state index contributed by atoms with van der Waals surface area (Å²) < 4.78 is 4.99. The van der Waals surface area contributed by atoms with Crippen molar-refractivity contribution < 1.29 is 14.9 Å². The lowest BCUT2D eigenvalue weighted by atomic mass is 10.2. The van der Waals surface area contributed by atoms with E-state index in [0.29, 0.717) is 22.2 Å². The van der Waals surface area contributed by atoms with Crippen LogP contribution in [0, 0.1) is 6.92 Å². The van der Waals surface area contributed by atoms with Crippen molar-refractivity contribution in [2.24, 2.45) is 0 Å². The number of nitrogens with zero attached hydrogens (tertiary/aromatic N) is 1. The van der Waals surface area contributed by atoms with Crippen LogP contribution in [-0.2, 0) is 11.2 Å². The Morgan fingerprint density at radius 3 is 2.84 bits per heavy atom. The summed E-state index contributed by atoms with van der Waals surface area (Å²) in [5, 5.41) is 20.2. The van der Waals surface area contributed by atoms with Crippen LogP contribution in [-0.4, -0.2) is 33.9 Å². The number of nitrogens with one attached hydrogen (secondary N) is 1. The third kappa shape index (κ3) is 3.42. The highest BCUT2D eigenvalue weighted by Crippen LogP contribution is 2.36. The minimum absolute atomic E-state index is 0.134. The van der Waals surface area contributed by atoms with Crippen LogP contribution in [0.5, 0.6) is 11.5 Å². The monoisotopic (exact) mass is 280 g/mol. The van der Waals surface area contributed by atoms with Crippen molar-refractivity contribution in [3.63, 3.8) is 0 Å². The molecule has 0 saturated heterocycles. The molecule has 1 aromatic carbocycles. The molecule has 1 heterocycles. The number of aromatic hydroxyl groups is 2. The molecule has 19 heavy (non-hydrogen) atoms. The molecule has 0 unspecified atom stereocenters. The molecule has 0 fully saturated rings. The van der Waals surface area contributed by atoms with Crippen LogP contribution in [0.3, 0.4) is 0 Å². The molecule has 2 rings (SSSR count). The maximum Gasteiger partial charge on any atom is 0.170 e. The van der Waals surface area contributed by atoms with Crippen molar-refractivity contribution in [3.05, 3.63) is 29.6 Å². The summed E-state index contributed by atoms with van der Waals surface area (Å²) in [4.78, 5) is 7.92. The van der Waals surface area contributed by atoms with Gasteiger partial charge in [0.15, 0.2) is 5.16 Å². The summed E-state index contributed by atoms with van der Waals surface area (Å²) in [6.45, 7) is 2.36. The summed E-state index contributed by atoms with van der Waals surface area (Å²) >= 11 is 1.27. The average Bonchev–Trinajstić information content (AvgIpc) is 2.81. The zero-order chi connectivity index (χ0) is 13.8. The van der Waals surface area contributed by atoms with Crippen LogP contribution in [0.4, 0.5) is 0 Å². The Kier molecular flexibility index (Phi) is 4.34. The molecule has 1 aromatic heterocycles. The van der Waals surface area contributed by atoms with Gasteiger partial charge in [0.1, 0.15) is 11.5 Å². The summed E-state index contributed by atoms with van der Waals surface area (Å²) in [5.41, 5.74) is 1.61. The lowest BCUT2D eigenvalue weighted by Crippen LogP contribution is -1.94. The van der Waals surface area contributed by atoms with Crippen molar-refractivity contribution >= 4 is 11.8 Å². The second-order valence-corrected chi connectivity index (χ2v) is 5.20. The van der Waals surface area contributed by atoms with Crippen molar-refractivity contribution in [1.29, 1.82) is 0 Å². The van der Waals surface area contributed by atoms with Crippen LogP contribution in [0.2, 0.25) is 0 Å². The molecule has 3 N–H and O–H groups in total. The predicted octanol–water partition coefficient (Wildman–Crippen LogP) is 2.47. The Bertz CT molecular complexity index is 569. The number of rotatable bonds is 5. The molecule has 0 radical (unpaired) electrons. The number of hydrogen-bond donors (Lipinski definition) is 3. The normalized spacial score (nSPS) is 10.8. The number of aromatic nitrogens is 2. The molecule has 0 spiro atoms. The molecular formula is C13H16N2O3S. The van der Waals surface area contributed by atoms with E-state index in [4.69, 9.17) is 4.74 Å². The maximum absolute atomic E-state index is 9.83. The van der Waals surface area contributed by atoms with Crippen LogP contribution in [0.15, 0.2) is 28.4 Å². The van der Waals surface area contributed by atoms with Gasteiger partial charge in [-0.15, -0.1) is 0 Å². The number of phenols is 2. The van der Waals surface area contributed by atoms with Gasteiger partial charge >= 0.3 is 0 Å². The van der Waals surface area contributed by atoms with Gasteiger partial charge in [0.2, 0.25) is 0 Å². The Balaban J connectivity index is 2.12. The van der Waals surface area contributed by atoms with Gasteiger partial charge in [0, 0.05) is 25.4 Å². The van der Waals surface area contributed by atoms with E-state index in [9.17, 15) is 10.2 Å². The summed E-state index contributed by atoms with van der Waals surface area (Å²) in [7, 11) is 1.65. The number of methoxy groups -OCH3 is 1. The van der Waals surface area contributed by atoms with Gasteiger partial charge in [-0.3, -0.25) is 0 Å². The van der Waals surface area contributed by atoms with Crippen LogP contribution < -0.4 is 0 Å². The first-order chi connectivity index (χ1) is 9.10. The lowest BCUT2D eigenvalue weighted by molar-refractivity contribution is 0.201. The standard InChI is InChI=1S/C13H16N2O3S/c1-8-5-11(17)12(6-10(8)16)19-13-14-7-9(15-13)3-4-18-2/h5-7,16-17H,3-4H2,1-2H3,(H,14,15). The first kappa shape index (κ1) is 13.8. The van der Waals surface area contributed by atoms with Crippen LogP contribution in [0.1, 0.15) is 11.3 Å². The predicted molar refractivity (Wildman–Crippen MR) is 72.8 cm³/mol. The number of ether oxygens (including phenoxy) is 1. The first-order valence-electron chi connectivity index (χ1n) is 5.83. The largest absolute Gasteiger partial charge is 0.508 e. The molecule has 0 aliphatic heterocycles. The smallest absolute Gasteiger partial charge is 0.170 e. The van der Waals surface area contributed by atoms with E-state index in [1.807, 2.05) is 0 Å². The zero-order valence-corrected chi connectivity index (χ0v) is 11.6. The van der Waals surface area contributed by atoms with Crippen molar-refractivity contribution in [3.8, 4) is 11.5 Å². The van der Waals surface area contributed by atoms with Gasteiger partial charge in [-0.1, -0.05) is 0 Å². The Hall–Kier alpha value is -1.66. The van der Waals surface area contributed by atoms with E-state index in [-0.39, 0.29) is 11.5 Å². The third-order valence-electron chi connectivity index (χ3n) is 2.66. The van der Waals surface area contributed by atoms with Crippen molar-refractivity contribution in [2.45, 2.75) is 23.4 Å². The maximum atomic E-state index is 9.83. The van der Waals surface area contributed by atoms with E-state index in [1.165, 1.54) is 23.9 Å². The zero-order valence-electron chi connectivity index (χ0n) is 10.8. The SMILES string of the molecule is COCCc1cnc(Sc2cc(O)c(C)cc2O)[nH]1. The fourth-order valence-corrected chi connectivity index (χ4v) is 2.41. The summed E-state index contributed by atoms with van der Waals surface area (Å²) in [5.74, 6) is 0.293. The minimum Gasteiger partial charge on any atom is -0.508 e. The molecule has 0 saturated carbocycles. The van der Waals surface area contributed by atoms with E-state index in [2.05, 4.69) is 9.97 Å². The lowest BCUT2D eigenvalue weighted by Gasteiger charge is -2.05. The van der Waals surface area contributed by atoms with Gasteiger partial charge in [-0.2, -0.15) is 0 Å². The first-order valence-corrected chi connectivity index (χ1v) is 6.65. The number of benzene rings is 1. The van der Waals surface area contributed by atoms with Crippen LogP contribution >= 0.6 is 11.8 Å². The van der Waals surface area contributed by atoms with Gasteiger partial charge in [0.05, 0.1) is 11.5 Å². The molecule has 102 valence electrons. The molecule has 6 heteroatoms. The van der Waals surface area contributed by atoms with E-state index in [0.717, 1.165) is 12.1 Å². The topological polar surface area (TPSA) is 78.4 Å². The summed E-state index contributed by atoms with van der Waals surface area (Å²) in [6.07, 6.45) is 2.50. The number of aromatic amines is 1.